The Hall–Kier alpha value is -2.42. The summed E-state index contributed by atoms with van der Waals surface area (Å²) in [5.41, 5.74) is 2.13. The largest absolute Gasteiger partial charge is 0.446 e. The molecule has 7 nitrogen and oxygen atoms in total. The summed E-state index contributed by atoms with van der Waals surface area (Å²) >= 11 is 0. The molecule has 0 aromatic heterocycles. The molecule has 1 saturated heterocycles. The topological polar surface area (TPSA) is 84.9 Å². The van der Waals surface area contributed by atoms with Crippen LogP contribution in [0.25, 0.3) is 0 Å². The number of rotatable bonds is 6. The van der Waals surface area contributed by atoms with Gasteiger partial charge >= 0.3 is 6.09 Å². The zero-order valence-electron chi connectivity index (χ0n) is 15.7. The number of nitrogens with zero attached hydrogens (tertiary/aromatic N) is 1. The molecule has 1 fully saturated rings. The van der Waals surface area contributed by atoms with Gasteiger partial charge in [-0.15, -0.1) is 0 Å². The van der Waals surface area contributed by atoms with Gasteiger partial charge in [-0.25, -0.2) is 17.9 Å². The molecule has 3 rings (SSSR count). The van der Waals surface area contributed by atoms with Crippen molar-refractivity contribution < 1.29 is 22.7 Å². The molecule has 0 aliphatic carbocycles. The highest BCUT2D eigenvalue weighted by Gasteiger charge is 2.24. The smallest absolute Gasteiger partial charge is 0.421 e. The SMILES string of the molecule is Cc1ccc(S(=O)(=O)NC(=O)OCC2CN(Cc3ccccc3)CCO2)cc1. The highest BCUT2D eigenvalue weighted by Crippen LogP contribution is 2.12. The van der Waals surface area contributed by atoms with Crippen LogP contribution in [-0.2, 0) is 26.0 Å². The molecule has 2 aromatic carbocycles. The molecule has 8 heteroatoms. The van der Waals surface area contributed by atoms with Crippen LogP contribution in [0.4, 0.5) is 4.79 Å². The maximum absolute atomic E-state index is 12.2. The van der Waals surface area contributed by atoms with Crippen LogP contribution in [0.15, 0.2) is 59.5 Å². The highest BCUT2D eigenvalue weighted by molar-refractivity contribution is 7.90. The van der Waals surface area contributed by atoms with Gasteiger partial charge in [-0.3, -0.25) is 4.90 Å². The summed E-state index contributed by atoms with van der Waals surface area (Å²) in [7, 11) is -3.96. The van der Waals surface area contributed by atoms with E-state index in [-0.39, 0.29) is 17.6 Å². The van der Waals surface area contributed by atoms with Crippen LogP contribution in [0.3, 0.4) is 0 Å². The third kappa shape index (κ3) is 5.79. The Morgan fingerprint density at radius 3 is 2.61 bits per heavy atom. The van der Waals surface area contributed by atoms with E-state index in [2.05, 4.69) is 17.0 Å². The predicted octanol–water partition coefficient (Wildman–Crippen LogP) is 2.31. The van der Waals surface area contributed by atoms with Gasteiger partial charge < -0.3 is 9.47 Å². The lowest BCUT2D eigenvalue weighted by molar-refractivity contribution is -0.0572. The van der Waals surface area contributed by atoms with Crippen molar-refractivity contribution in [1.29, 1.82) is 0 Å². The van der Waals surface area contributed by atoms with Crippen molar-refractivity contribution in [2.24, 2.45) is 0 Å². The highest BCUT2D eigenvalue weighted by atomic mass is 32.2. The zero-order chi connectivity index (χ0) is 20.0. The van der Waals surface area contributed by atoms with Crippen LogP contribution >= 0.6 is 0 Å². The van der Waals surface area contributed by atoms with Gasteiger partial charge in [0.15, 0.2) is 0 Å². The second-order valence-corrected chi connectivity index (χ2v) is 8.41. The van der Waals surface area contributed by atoms with Crippen molar-refractivity contribution in [3.8, 4) is 0 Å². The van der Waals surface area contributed by atoms with E-state index in [9.17, 15) is 13.2 Å². The molecule has 0 saturated carbocycles. The van der Waals surface area contributed by atoms with E-state index in [1.807, 2.05) is 29.8 Å². The van der Waals surface area contributed by atoms with Gasteiger partial charge in [0.2, 0.25) is 0 Å². The minimum absolute atomic E-state index is 0.0120. The lowest BCUT2D eigenvalue weighted by Gasteiger charge is -2.32. The molecule has 150 valence electrons. The number of amides is 1. The van der Waals surface area contributed by atoms with Gasteiger partial charge in [0.05, 0.1) is 11.5 Å². The first-order valence-electron chi connectivity index (χ1n) is 9.06. The Morgan fingerprint density at radius 1 is 1.18 bits per heavy atom. The molecule has 28 heavy (non-hydrogen) atoms. The summed E-state index contributed by atoms with van der Waals surface area (Å²) in [6.07, 6.45) is -1.31. The number of carbonyl (C=O) groups excluding carboxylic acids is 1. The van der Waals surface area contributed by atoms with Crippen molar-refractivity contribution in [3.05, 3.63) is 65.7 Å². The van der Waals surface area contributed by atoms with Crippen molar-refractivity contribution in [2.45, 2.75) is 24.5 Å². The van der Waals surface area contributed by atoms with E-state index < -0.39 is 16.1 Å². The molecule has 1 unspecified atom stereocenters. The van der Waals surface area contributed by atoms with Crippen LogP contribution in [0.2, 0.25) is 0 Å². The first-order valence-corrected chi connectivity index (χ1v) is 10.5. The summed E-state index contributed by atoms with van der Waals surface area (Å²) in [5, 5.41) is 0. The van der Waals surface area contributed by atoms with Crippen LogP contribution in [0.5, 0.6) is 0 Å². The number of hydrogen-bond acceptors (Lipinski definition) is 6. The third-order valence-electron chi connectivity index (χ3n) is 4.42. The molecule has 0 bridgehead atoms. The minimum atomic E-state index is -3.96. The maximum Gasteiger partial charge on any atom is 0.421 e. The van der Waals surface area contributed by atoms with Crippen LogP contribution in [0.1, 0.15) is 11.1 Å². The number of nitrogens with one attached hydrogen (secondary N) is 1. The lowest BCUT2D eigenvalue weighted by Crippen LogP contribution is -2.45. The molecule has 1 amide bonds. The van der Waals surface area contributed by atoms with E-state index in [1.54, 1.807) is 12.1 Å². The quantitative estimate of drug-likeness (QED) is 0.795. The summed E-state index contributed by atoms with van der Waals surface area (Å²) in [6.45, 7) is 4.55. The Morgan fingerprint density at radius 2 is 1.89 bits per heavy atom. The maximum atomic E-state index is 12.2. The van der Waals surface area contributed by atoms with Gasteiger partial charge in [-0.2, -0.15) is 0 Å². The molecule has 1 N–H and O–H groups in total. The fourth-order valence-electron chi connectivity index (χ4n) is 2.95. The molecule has 1 atom stereocenters. The van der Waals surface area contributed by atoms with Crippen LogP contribution < -0.4 is 4.72 Å². The average Bonchev–Trinajstić information content (AvgIpc) is 2.67. The van der Waals surface area contributed by atoms with Crippen molar-refractivity contribution in [3.63, 3.8) is 0 Å². The Kier molecular flexibility index (Phi) is 6.66. The molecular weight excluding hydrogens is 380 g/mol. The summed E-state index contributed by atoms with van der Waals surface area (Å²) in [5.74, 6) is 0. The zero-order valence-corrected chi connectivity index (χ0v) is 16.5. The number of hydrogen-bond donors (Lipinski definition) is 1. The number of ether oxygens (including phenoxy) is 2. The van der Waals surface area contributed by atoms with Crippen molar-refractivity contribution in [1.82, 2.24) is 9.62 Å². The Labute approximate surface area is 165 Å². The Balaban J connectivity index is 1.48. The van der Waals surface area contributed by atoms with E-state index in [4.69, 9.17) is 9.47 Å². The summed E-state index contributed by atoms with van der Waals surface area (Å²) in [4.78, 5) is 14.2. The number of morpholine rings is 1. The molecule has 1 aliphatic rings. The second-order valence-electron chi connectivity index (χ2n) is 6.73. The summed E-state index contributed by atoms with van der Waals surface area (Å²) < 4.78 is 37.1. The van der Waals surface area contributed by atoms with Gasteiger partial charge in [-0.1, -0.05) is 48.0 Å². The molecule has 0 radical (unpaired) electrons. The van der Waals surface area contributed by atoms with Crippen molar-refractivity contribution >= 4 is 16.1 Å². The molecule has 2 aromatic rings. The minimum Gasteiger partial charge on any atom is -0.446 e. The van der Waals surface area contributed by atoms with Gasteiger partial charge in [0, 0.05) is 19.6 Å². The first-order chi connectivity index (χ1) is 13.4. The molecular formula is C20H24N2O5S. The first kappa shape index (κ1) is 20.3. The predicted molar refractivity (Wildman–Crippen MR) is 104 cm³/mol. The van der Waals surface area contributed by atoms with Crippen LogP contribution in [-0.4, -0.2) is 51.8 Å². The number of benzene rings is 2. The van der Waals surface area contributed by atoms with E-state index in [1.165, 1.54) is 17.7 Å². The van der Waals surface area contributed by atoms with Crippen LogP contribution in [0, 0.1) is 6.92 Å². The Bertz CT molecular complexity index is 885. The van der Waals surface area contributed by atoms with E-state index >= 15 is 0 Å². The lowest BCUT2D eigenvalue weighted by atomic mass is 10.2. The fraction of sp³-hybridized carbons (Fsp3) is 0.350. The van der Waals surface area contributed by atoms with E-state index in [0.717, 1.165) is 18.7 Å². The third-order valence-corrected chi connectivity index (χ3v) is 5.75. The van der Waals surface area contributed by atoms with Crippen molar-refractivity contribution in [2.75, 3.05) is 26.3 Å². The monoisotopic (exact) mass is 404 g/mol. The fourth-order valence-corrected chi connectivity index (χ4v) is 3.84. The van der Waals surface area contributed by atoms with E-state index in [0.29, 0.717) is 13.2 Å². The second kappa shape index (κ2) is 9.18. The van der Waals surface area contributed by atoms with Gasteiger partial charge in [0.25, 0.3) is 10.0 Å². The number of aryl methyl sites for hydroxylation is 1. The molecule has 1 heterocycles. The average molecular weight is 404 g/mol. The molecule has 1 aliphatic heterocycles. The number of carbonyl (C=O) groups is 1. The van der Waals surface area contributed by atoms with Gasteiger partial charge in [0.1, 0.15) is 12.7 Å². The number of sulfonamides is 1. The van der Waals surface area contributed by atoms with Gasteiger partial charge in [-0.05, 0) is 24.6 Å². The standard InChI is InChI=1S/C20H24N2O5S/c1-16-7-9-19(10-8-16)28(24,25)21-20(23)27-15-18-14-22(11-12-26-18)13-17-5-3-2-4-6-17/h2-10,18H,11-15H2,1H3,(H,21,23). The normalized spacial score (nSPS) is 17.8. The molecule has 0 spiro atoms. The summed E-state index contributed by atoms with van der Waals surface area (Å²) in [6, 6.07) is 16.3.